The predicted molar refractivity (Wildman–Crippen MR) is 105 cm³/mol. The standard InChI is InChI=1S/C19H20F3N3O4S/c20-19(21,22)14-3-1-4-15(11-14)23-13-18(26)24-16-5-2-6-17(12-16)30(27,28)25-7-9-29-10-8-25/h1-6,11-12,23H,7-10,13H2,(H,24,26). The van der Waals surface area contributed by atoms with E-state index in [4.69, 9.17) is 4.74 Å². The molecule has 1 saturated heterocycles. The van der Waals surface area contributed by atoms with Gasteiger partial charge in [0.1, 0.15) is 0 Å². The fraction of sp³-hybridized carbons (Fsp3) is 0.316. The number of sulfonamides is 1. The number of hydrogen-bond acceptors (Lipinski definition) is 5. The van der Waals surface area contributed by atoms with E-state index in [1.807, 2.05) is 0 Å². The summed E-state index contributed by atoms with van der Waals surface area (Å²) in [6.45, 7) is 0.842. The van der Waals surface area contributed by atoms with E-state index in [1.165, 1.54) is 40.7 Å². The van der Waals surface area contributed by atoms with Gasteiger partial charge < -0.3 is 15.4 Å². The molecule has 2 aromatic carbocycles. The number of carbonyl (C=O) groups is 1. The highest BCUT2D eigenvalue weighted by atomic mass is 32.2. The molecular weight excluding hydrogens is 423 g/mol. The van der Waals surface area contributed by atoms with E-state index in [9.17, 15) is 26.4 Å². The maximum absolute atomic E-state index is 12.8. The molecule has 30 heavy (non-hydrogen) atoms. The first-order valence-electron chi connectivity index (χ1n) is 9.05. The number of halogens is 3. The fourth-order valence-corrected chi connectivity index (χ4v) is 4.32. The van der Waals surface area contributed by atoms with Crippen LogP contribution < -0.4 is 10.6 Å². The van der Waals surface area contributed by atoms with E-state index in [-0.39, 0.29) is 35.9 Å². The molecule has 0 aliphatic carbocycles. The molecule has 1 aliphatic rings. The number of nitrogens with one attached hydrogen (secondary N) is 2. The second-order valence-corrected chi connectivity index (χ2v) is 8.46. The number of nitrogens with zero attached hydrogens (tertiary/aromatic N) is 1. The number of benzene rings is 2. The third kappa shape index (κ3) is 5.49. The summed E-state index contributed by atoms with van der Waals surface area (Å²) >= 11 is 0. The largest absolute Gasteiger partial charge is 0.416 e. The Labute approximate surface area is 171 Å². The molecule has 7 nitrogen and oxygen atoms in total. The van der Waals surface area contributed by atoms with Crippen LogP contribution in [0.1, 0.15) is 5.56 Å². The molecule has 0 atom stereocenters. The molecule has 11 heteroatoms. The summed E-state index contributed by atoms with van der Waals surface area (Å²) in [6, 6.07) is 10.3. The third-order valence-corrected chi connectivity index (χ3v) is 6.26. The topological polar surface area (TPSA) is 87.7 Å². The Hall–Kier alpha value is -2.63. The van der Waals surface area contributed by atoms with Gasteiger partial charge in [0, 0.05) is 24.5 Å². The van der Waals surface area contributed by atoms with Crippen molar-refractivity contribution >= 4 is 27.3 Å². The Morgan fingerprint density at radius 3 is 2.40 bits per heavy atom. The van der Waals surface area contributed by atoms with Gasteiger partial charge in [0.05, 0.1) is 30.2 Å². The number of carbonyl (C=O) groups excluding carboxylic acids is 1. The van der Waals surface area contributed by atoms with Crippen molar-refractivity contribution in [3.63, 3.8) is 0 Å². The van der Waals surface area contributed by atoms with Gasteiger partial charge >= 0.3 is 6.18 Å². The fourth-order valence-electron chi connectivity index (χ4n) is 2.86. The van der Waals surface area contributed by atoms with Gasteiger partial charge in [-0.15, -0.1) is 0 Å². The van der Waals surface area contributed by atoms with Crippen molar-refractivity contribution in [2.75, 3.05) is 43.5 Å². The normalized spacial score (nSPS) is 15.6. The van der Waals surface area contributed by atoms with Crippen molar-refractivity contribution in [1.29, 1.82) is 0 Å². The number of morpholine rings is 1. The van der Waals surface area contributed by atoms with Crippen LogP contribution in [-0.4, -0.2) is 51.5 Å². The Balaban J connectivity index is 1.63. The van der Waals surface area contributed by atoms with Gasteiger partial charge in [-0.25, -0.2) is 8.42 Å². The van der Waals surface area contributed by atoms with E-state index in [2.05, 4.69) is 10.6 Å². The minimum atomic E-state index is -4.48. The second-order valence-electron chi connectivity index (χ2n) is 6.52. The van der Waals surface area contributed by atoms with Gasteiger partial charge in [-0.1, -0.05) is 12.1 Å². The first-order chi connectivity index (χ1) is 14.2. The molecule has 2 N–H and O–H groups in total. The molecular formula is C19H20F3N3O4S. The summed E-state index contributed by atoms with van der Waals surface area (Å²) in [4.78, 5) is 12.2. The minimum absolute atomic E-state index is 0.0352. The second kappa shape index (κ2) is 9.02. The SMILES string of the molecule is O=C(CNc1cccc(C(F)(F)F)c1)Nc1cccc(S(=O)(=O)N2CCOCC2)c1. The summed E-state index contributed by atoms with van der Waals surface area (Å²) in [5.74, 6) is -0.534. The highest BCUT2D eigenvalue weighted by molar-refractivity contribution is 7.89. The zero-order valence-electron chi connectivity index (χ0n) is 15.8. The molecule has 1 fully saturated rings. The van der Waals surface area contributed by atoms with E-state index in [0.29, 0.717) is 13.2 Å². The van der Waals surface area contributed by atoms with Crippen LogP contribution in [0, 0.1) is 0 Å². The average Bonchev–Trinajstić information content (AvgIpc) is 2.73. The van der Waals surface area contributed by atoms with E-state index in [1.54, 1.807) is 0 Å². The van der Waals surface area contributed by atoms with Crippen LogP contribution in [0.2, 0.25) is 0 Å². The Kier molecular flexibility index (Phi) is 6.64. The molecule has 0 spiro atoms. The van der Waals surface area contributed by atoms with Crippen molar-refractivity contribution in [2.24, 2.45) is 0 Å². The lowest BCUT2D eigenvalue weighted by Crippen LogP contribution is -2.40. The minimum Gasteiger partial charge on any atom is -0.379 e. The van der Waals surface area contributed by atoms with Crippen LogP contribution in [0.25, 0.3) is 0 Å². The number of rotatable bonds is 6. The molecule has 1 aliphatic heterocycles. The summed E-state index contributed by atoms with van der Waals surface area (Å²) in [5, 5.41) is 5.16. The monoisotopic (exact) mass is 443 g/mol. The number of hydrogen-bond donors (Lipinski definition) is 2. The quantitative estimate of drug-likeness (QED) is 0.717. The number of ether oxygens (including phenoxy) is 1. The first-order valence-corrected chi connectivity index (χ1v) is 10.5. The van der Waals surface area contributed by atoms with Crippen LogP contribution in [0.4, 0.5) is 24.5 Å². The lowest BCUT2D eigenvalue weighted by molar-refractivity contribution is -0.137. The Morgan fingerprint density at radius 1 is 1.03 bits per heavy atom. The average molecular weight is 443 g/mol. The van der Waals surface area contributed by atoms with Gasteiger partial charge in [0.15, 0.2) is 0 Å². The van der Waals surface area contributed by atoms with E-state index >= 15 is 0 Å². The van der Waals surface area contributed by atoms with Crippen LogP contribution in [0.3, 0.4) is 0 Å². The maximum Gasteiger partial charge on any atom is 0.416 e. The van der Waals surface area contributed by atoms with Crippen LogP contribution in [0.15, 0.2) is 53.4 Å². The maximum atomic E-state index is 12.8. The van der Waals surface area contributed by atoms with Crippen molar-refractivity contribution in [1.82, 2.24) is 4.31 Å². The zero-order valence-corrected chi connectivity index (χ0v) is 16.6. The summed E-state index contributed by atoms with van der Waals surface area (Å²) in [6.07, 6.45) is -4.48. The Bertz CT molecular complexity index is 1010. The number of amides is 1. The van der Waals surface area contributed by atoms with Gasteiger partial charge in [0.2, 0.25) is 15.9 Å². The van der Waals surface area contributed by atoms with Crippen molar-refractivity contribution < 1.29 is 31.1 Å². The van der Waals surface area contributed by atoms with Gasteiger partial charge in [0.25, 0.3) is 0 Å². The van der Waals surface area contributed by atoms with Gasteiger partial charge in [-0.3, -0.25) is 4.79 Å². The van der Waals surface area contributed by atoms with E-state index in [0.717, 1.165) is 12.1 Å². The molecule has 0 unspecified atom stereocenters. The van der Waals surface area contributed by atoms with Crippen LogP contribution >= 0.6 is 0 Å². The molecule has 0 bridgehead atoms. The number of anilines is 2. The van der Waals surface area contributed by atoms with Crippen molar-refractivity contribution in [2.45, 2.75) is 11.1 Å². The highest BCUT2D eigenvalue weighted by Crippen LogP contribution is 2.30. The van der Waals surface area contributed by atoms with Gasteiger partial charge in [-0.2, -0.15) is 17.5 Å². The number of alkyl halides is 3. The van der Waals surface area contributed by atoms with E-state index < -0.39 is 27.7 Å². The van der Waals surface area contributed by atoms with Crippen LogP contribution in [0.5, 0.6) is 0 Å². The molecule has 1 heterocycles. The molecule has 0 radical (unpaired) electrons. The summed E-state index contributed by atoms with van der Waals surface area (Å²) in [5.41, 5.74) is -0.419. The van der Waals surface area contributed by atoms with Crippen molar-refractivity contribution in [3.05, 3.63) is 54.1 Å². The molecule has 2 aromatic rings. The van der Waals surface area contributed by atoms with Crippen molar-refractivity contribution in [3.8, 4) is 0 Å². The molecule has 1 amide bonds. The lowest BCUT2D eigenvalue weighted by Gasteiger charge is -2.26. The highest BCUT2D eigenvalue weighted by Gasteiger charge is 2.30. The summed E-state index contributed by atoms with van der Waals surface area (Å²) < 4.78 is 70.1. The molecule has 0 aromatic heterocycles. The summed E-state index contributed by atoms with van der Waals surface area (Å²) in [7, 11) is -3.71. The third-order valence-electron chi connectivity index (χ3n) is 4.37. The lowest BCUT2D eigenvalue weighted by atomic mass is 10.2. The molecule has 3 rings (SSSR count). The molecule has 0 saturated carbocycles. The van der Waals surface area contributed by atoms with Gasteiger partial charge in [-0.05, 0) is 36.4 Å². The predicted octanol–water partition coefficient (Wildman–Crippen LogP) is 2.78. The smallest absolute Gasteiger partial charge is 0.379 e. The molecule has 162 valence electrons. The zero-order chi connectivity index (χ0) is 21.8. The van der Waals surface area contributed by atoms with Crippen LogP contribution in [-0.2, 0) is 25.7 Å². The Morgan fingerprint density at radius 2 is 1.70 bits per heavy atom. The first kappa shape index (κ1) is 22.1.